The van der Waals surface area contributed by atoms with E-state index in [0.29, 0.717) is 15.6 Å². The predicted molar refractivity (Wildman–Crippen MR) is 87.9 cm³/mol. The number of carbonyl (C=O) groups excluding carboxylic acids is 1. The van der Waals surface area contributed by atoms with Gasteiger partial charge in [0.1, 0.15) is 4.88 Å². The number of hydrogen-bond donors (Lipinski definition) is 2. The summed E-state index contributed by atoms with van der Waals surface area (Å²) in [6.07, 6.45) is 0. The lowest BCUT2D eigenvalue weighted by Crippen LogP contribution is -2.29. The Bertz CT molecular complexity index is 784. The summed E-state index contributed by atoms with van der Waals surface area (Å²) >= 11 is 7.15. The number of amides is 1. The van der Waals surface area contributed by atoms with E-state index in [1.807, 2.05) is 0 Å². The number of halogens is 1. The summed E-state index contributed by atoms with van der Waals surface area (Å²) in [6, 6.07) is 5.22. The second-order valence-corrected chi connectivity index (χ2v) is 8.44. The van der Waals surface area contributed by atoms with Crippen molar-refractivity contribution in [2.24, 2.45) is 0 Å². The average molecular weight is 347 g/mol. The molecule has 5 nitrogen and oxygen atoms in total. The molecule has 0 saturated carbocycles. The Hall–Kier alpha value is -1.31. The monoisotopic (exact) mass is 346 g/mol. The van der Waals surface area contributed by atoms with Crippen LogP contribution in [0.5, 0.6) is 0 Å². The number of hydrogen-bond acceptors (Lipinski definition) is 5. The van der Waals surface area contributed by atoms with Gasteiger partial charge in [0.15, 0.2) is 9.84 Å². The van der Waals surface area contributed by atoms with E-state index in [4.69, 9.17) is 17.3 Å². The molecule has 1 aromatic heterocycles. The third-order valence-corrected chi connectivity index (χ3v) is 6.14. The Morgan fingerprint density at radius 2 is 2.14 bits per heavy atom. The minimum absolute atomic E-state index is 0.0619. The SMILES string of the molecule is CCS(=O)(=O)CCNC(=O)c1sc2cc(Cl)ccc2c1N. The molecule has 2 aromatic rings. The molecule has 0 bridgehead atoms. The highest BCUT2D eigenvalue weighted by atomic mass is 35.5. The van der Waals surface area contributed by atoms with E-state index in [1.54, 1.807) is 25.1 Å². The molecule has 1 aromatic carbocycles. The van der Waals surface area contributed by atoms with Gasteiger partial charge in [-0.05, 0) is 18.2 Å². The average Bonchev–Trinajstić information content (AvgIpc) is 2.75. The third kappa shape index (κ3) is 3.66. The molecule has 0 fully saturated rings. The Kier molecular flexibility index (Phi) is 4.75. The van der Waals surface area contributed by atoms with Crippen LogP contribution in [0.15, 0.2) is 18.2 Å². The number of rotatable bonds is 5. The van der Waals surface area contributed by atoms with Crippen LogP contribution in [-0.2, 0) is 9.84 Å². The zero-order chi connectivity index (χ0) is 15.6. The van der Waals surface area contributed by atoms with Crippen LogP contribution in [-0.4, -0.2) is 32.4 Å². The lowest BCUT2D eigenvalue weighted by molar-refractivity contribution is 0.0961. The summed E-state index contributed by atoms with van der Waals surface area (Å²) in [5.41, 5.74) is 6.35. The molecule has 1 amide bonds. The summed E-state index contributed by atoms with van der Waals surface area (Å²) in [5, 5.41) is 3.93. The first kappa shape index (κ1) is 16.1. The summed E-state index contributed by atoms with van der Waals surface area (Å²) in [6.45, 7) is 1.65. The highest BCUT2D eigenvalue weighted by Crippen LogP contribution is 2.35. The van der Waals surface area contributed by atoms with Crippen LogP contribution in [0, 0.1) is 0 Å². The lowest BCUT2D eigenvalue weighted by atomic mass is 10.2. The van der Waals surface area contributed by atoms with Crippen molar-refractivity contribution in [1.29, 1.82) is 0 Å². The fourth-order valence-corrected chi connectivity index (χ4v) is 3.82. The predicted octanol–water partition coefficient (Wildman–Crippen LogP) is 2.30. The number of nitrogens with one attached hydrogen (secondary N) is 1. The first-order valence-corrected chi connectivity index (χ1v) is 9.32. The standard InChI is InChI=1S/C13H15ClN2O3S2/c1-2-21(18,19)6-5-16-13(17)12-11(15)9-4-3-8(14)7-10(9)20-12/h3-4,7H,2,5-6,15H2,1H3,(H,16,17). The van der Waals surface area contributed by atoms with E-state index >= 15 is 0 Å². The molecule has 0 aliphatic heterocycles. The smallest absolute Gasteiger partial charge is 0.263 e. The first-order chi connectivity index (χ1) is 9.84. The third-order valence-electron chi connectivity index (χ3n) is 3.04. The topological polar surface area (TPSA) is 89.3 Å². The van der Waals surface area contributed by atoms with Crippen LogP contribution in [0.2, 0.25) is 5.02 Å². The molecule has 3 N–H and O–H groups in total. The quantitative estimate of drug-likeness (QED) is 0.869. The number of sulfone groups is 1. The highest BCUT2D eigenvalue weighted by Gasteiger charge is 2.17. The maximum atomic E-state index is 12.1. The van der Waals surface area contributed by atoms with Gasteiger partial charge in [0, 0.05) is 27.4 Å². The van der Waals surface area contributed by atoms with Gasteiger partial charge in [-0.25, -0.2) is 8.42 Å². The molecular formula is C13H15ClN2O3S2. The Labute approximate surface area is 132 Å². The highest BCUT2D eigenvalue weighted by molar-refractivity contribution is 7.91. The molecule has 114 valence electrons. The lowest BCUT2D eigenvalue weighted by Gasteiger charge is -2.04. The van der Waals surface area contributed by atoms with Gasteiger partial charge in [-0.1, -0.05) is 18.5 Å². The van der Waals surface area contributed by atoms with Crippen LogP contribution in [0.1, 0.15) is 16.6 Å². The molecule has 0 atom stereocenters. The van der Waals surface area contributed by atoms with Gasteiger partial charge >= 0.3 is 0 Å². The molecule has 0 spiro atoms. The van der Waals surface area contributed by atoms with E-state index < -0.39 is 9.84 Å². The largest absolute Gasteiger partial charge is 0.397 e. The van der Waals surface area contributed by atoms with E-state index in [0.717, 1.165) is 10.1 Å². The van der Waals surface area contributed by atoms with Crippen LogP contribution >= 0.6 is 22.9 Å². The Morgan fingerprint density at radius 1 is 1.43 bits per heavy atom. The summed E-state index contributed by atoms with van der Waals surface area (Å²) < 4.78 is 23.6. The van der Waals surface area contributed by atoms with Gasteiger partial charge < -0.3 is 11.1 Å². The molecule has 21 heavy (non-hydrogen) atoms. The number of nitrogens with two attached hydrogens (primary N) is 1. The van der Waals surface area contributed by atoms with Gasteiger partial charge in [-0.15, -0.1) is 11.3 Å². The van der Waals surface area contributed by atoms with Gasteiger partial charge in [0.2, 0.25) is 0 Å². The summed E-state index contributed by atoms with van der Waals surface area (Å²) in [4.78, 5) is 12.5. The maximum absolute atomic E-state index is 12.1. The number of fused-ring (bicyclic) bond motifs is 1. The van der Waals surface area contributed by atoms with Crippen molar-refractivity contribution in [3.63, 3.8) is 0 Å². The van der Waals surface area contributed by atoms with Crippen LogP contribution in [0.4, 0.5) is 5.69 Å². The van der Waals surface area contributed by atoms with Crippen molar-refractivity contribution < 1.29 is 13.2 Å². The summed E-state index contributed by atoms with van der Waals surface area (Å²) in [5.74, 6) is -0.380. The van der Waals surface area contributed by atoms with Gasteiger partial charge in [0.25, 0.3) is 5.91 Å². The maximum Gasteiger partial charge on any atom is 0.263 e. The number of thiophene rings is 1. The van der Waals surface area contributed by atoms with Crippen LogP contribution in [0.25, 0.3) is 10.1 Å². The number of anilines is 1. The first-order valence-electron chi connectivity index (χ1n) is 6.30. The molecule has 0 unspecified atom stereocenters. The molecule has 0 aliphatic rings. The van der Waals surface area contributed by atoms with E-state index in [2.05, 4.69) is 5.32 Å². The zero-order valence-corrected chi connectivity index (χ0v) is 13.7. The Balaban J connectivity index is 2.15. The number of nitrogen functional groups attached to an aromatic ring is 1. The van der Waals surface area contributed by atoms with E-state index in [1.165, 1.54) is 11.3 Å². The van der Waals surface area contributed by atoms with Crippen LogP contribution < -0.4 is 11.1 Å². The minimum atomic E-state index is -3.10. The number of benzene rings is 1. The minimum Gasteiger partial charge on any atom is -0.397 e. The summed E-state index contributed by atoms with van der Waals surface area (Å²) in [7, 11) is -3.10. The van der Waals surface area contributed by atoms with Crippen molar-refractivity contribution in [2.45, 2.75) is 6.92 Å². The van der Waals surface area contributed by atoms with E-state index in [-0.39, 0.29) is 24.0 Å². The second-order valence-electron chi connectivity index (χ2n) is 4.48. The van der Waals surface area contributed by atoms with Crippen molar-refractivity contribution in [3.05, 3.63) is 28.1 Å². The normalized spacial score (nSPS) is 11.7. The van der Waals surface area contributed by atoms with Gasteiger partial charge in [-0.3, -0.25) is 4.79 Å². The molecule has 1 heterocycles. The van der Waals surface area contributed by atoms with Crippen molar-refractivity contribution in [2.75, 3.05) is 23.8 Å². The fourth-order valence-electron chi connectivity index (χ4n) is 1.80. The van der Waals surface area contributed by atoms with Crippen molar-refractivity contribution in [1.82, 2.24) is 5.32 Å². The van der Waals surface area contributed by atoms with Gasteiger partial charge in [0.05, 0.1) is 11.4 Å². The zero-order valence-electron chi connectivity index (χ0n) is 11.3. The van der Waals surface area contributed by atoms with Crippen LogP contribution in [0.3, 0.4) is 0 Å². The number of carbonyl (C=O) groups is 1. The molecular weight excluding hydrogens is 332 g/mol. The van der Waals surface area contributed by atoms with Gasteiger partial charge in [-0.2, -0.15) is 0 Å². The molecule has 0 radical (unpaired) electrons. The fraction of sp³-hybridized carbons (Fsp3) is 0.308. The second kappa shape index (κ2) is 6.21. The van der Waals surface area contributed by atoms with Crippen molar-refractivity contribution in [3.8, 4) is 0 Å². The molecule has 0 aliphatic carbocycles. The molecule has 8 heteroatoms. The van der Waals surface area contributed by atoms with E-state index in [9.17, 15) is 13.2 Å². The Morgan fingerprint density at radius 3 is 2.81 bits per heavy atom. The van der Waals surface area contributed by atoms with Crippen molar-refractivity contribution >= 4 is 54.5 Å². The molecule has 2 rings (SSSR count). The molecule has 0 saturated heterocycles.